The molecule has 0 radical (unpaired) electrons. The topological polar surface area (TPSA) is 55.1 Å². The first kappa shape index (κ1) is 10.2. The molecule has 0 aromatic carbocycles. The van der Waals surface area contributed by atoms with Gasteiger partial charge in [-0.2, -0.15) is 5.10 Å². The number of halogens is 1. The molecule has 0 bridgehead atoms. The summed E-state index contributed by atoms with van der Waals surface area (Å²) in [6, 6.07) is 0. The second-order valence-corrected chi connectivity index (χ2v) is 3.89. The Morgan fingerprint density at radius 2 is 2.46 bits per heavy atom. The van der Waals surface area contributed by atoms with E-state index in [-0.39, 0.29) is 12.3 Å². The number of carboxylic acid groups (broad SMARTS) is 1. The summed E-state index contributed by atoms with van der Waals surface area (Å²) in [5.41, 5.74) is 0.796. The minimum absolute atomic E-state index is 0.0620. The SMILES string of the molecule is CC(CC(=O)O)c1nn(C)cc1Br. The van der Waals surface area contributed by atoms with Gasteiger partial charge in [0, 0.05) is 19.2 Å². The Hall–Kier alpha value is -0.840. The summed E-state index contributed by atoms with van der Waals surface area (Å²) in [5, 5.41) is 12.8. The lowest BCUT2D eigenvalue weighted by Gasteiger charge is -2.04. The van der Waals surface area contributed by atoms with Crippen molar-refractivity contribution in [2.45, 2.75) is 19.3 Å². The second-order valence-electron chi connectivity index (χ2n) is 3.03. The van der Waals surface area contributed by atoms with Crippen molar-refractivity contribution in [1.29, 1.82) is 0 Å². The van der Waals surface area contributed by atoms with Gasteiger partial charge in [0.2, 0.25) is 0 Å². The fourth-order valence-electron chi connectivity index (χ4n) is 1.17. The molecule has 4 nitrogen and oxygen atoms in total. The Balaban J connectivity index is 2.81. The molecule has 0 aliphatic carbocycles. The van der Waals surface area contributed by atoms with Crippen LogP contribution in [-0.2, 0) is 11.8 Å². The smallest absolute Gasteiger partial charge is 0.304 e. The van der Waals surface area contributed by atoms with Crippen molar-refractivity contribution in [3.8, 4) is 0 Å². The highest BCUT2D eigenvalue weighted by Gasteiger charge is 2.16. The van der Waals surface area contributed by atoms with Gasteiger partial charge in [0.15, 0.2) is 0 Å². The lowest BCUT2D eigenvalue weighted by molar-refractivity contribution is -0.137. The highest BCUT2D eigenvalue weighted by Crippen LogP contribution is 2.25. The molecule has 0 aliphatic rings. The van der Waals surface area contributed by atoms with E-state index >= 15 is 0 Å². The maximum absolute atomic E-state index is 10.5. The largest absolute Gasteiger partial charge is 0.481 e. The Labute approximate surface area is 84.7 Å². The number of carboxylic acids is 1. The van der Waals surface area contributed by atoms with E-state index in [1.165, 1.54) is 0 Å². The molecule has 0 saturated heterocycles. The zero-order valence-electron chi connectivity index (χ0n) is 7.49. The number of aliphatic carboxylic acids is 1. The molecule has 72 valence electrons. The Kier molecular flexibility index (Phi) is 3.08. The Morgan fingerprint density at radius 1 is 1.85 bits per heavy atom. The van der Waals surface area contributed by atoms with Gasteiger partial charge in [-0.15, -0.1) is 0 Å². The van der Waals surface area contributed by atoms with Crippen LogP contribution in [0.5, 0.6) is 0 Å². The normalized spacial score (nSPS) is 12.8. The molecule has 0 fully saturated rings. The van der Waals surface area contributed by atoms with E-state index in [1.807, 2.05) is 20.2 Å². The van der Waals surface area contributed by atoms with Crippen molar-refractivity contribution in [3.63, 3.8) is 0 Å². The van der Waals surface area contributed by atoms with E-state index in [4.69, 9.17) is 5.11 Å². The lowest BCUT2D eigenvalue weighted by atomic mass is 10.1. The van der Waals surface area contributed by atoms with E-state index < -0.39 is 5.97 Å². The van der Waals surface area contributed by atoms with Gasteiger partial charge in [-0.05, 0) is 15.9 Å². The third-order valence-electron chi connectivity index (χ3n) is 1.76. The van der Waals surface area contributed by atoms with Crippen LogP contribution in [0.25, 0.3) is 0 Å². The summed E-state index contributed by atoms with van der Waals surface area (Å²) in [4.78, 5) is 10.5. The maximum atomic E-state index is 10.5. The van der Waals surface area contributed by atoms with Crippen LogP contribution < -0.4 is 0 Å². The molecule has 1 aromatic heterocycles. The van der Waals surface area contributed by atoms with Gasteiger partial charge in [-0.25, -0.2) is 0 Å². The molecule has 1 rings (SSSR count). The van der Waals surface area contributed by atoms with Gasteiger partial charge < -0.3 is 5.11 Å². The molecule has 0 saturated carbocycles. The summed E-state index contributed by atoms with van der Waals surface area (Å²) < 4.78 is 2.53. The third kappa shape index (κ3) is 2.55. The van der Waals surface area contributed by atoms with E-state index in [1.54, 1.807) is 4.68 Å². The molecule has 1 aromatic rings. The van der Waals surface area contributed by atoms with Crippen molar-refractivity contribution in [1.82, 2.24) is 9.78 Å². The molecule has 1 atom stereocenters. The van der Waals surface area contributed by atoms with Gasteiger partial charge >= 0.3 is 5.97 Å². The quantitative estimate of drug-likeness (QED) is 0.885. The van der Waals surface area contributed by atoms with Gasteiger partial charge in [0.1, 0.15) is 0 Å². The molecule has 5 heteroatoms. The lowest BCUT2D eigenvalue weighted by Crippen LogP contribution is -2.04. The number of hydrogen-bond donors (Lipinski definition) is 1. The van der Waals surface area contributed by atoms with Crippen LogP contribution in [0.4, 0.5) is 0 Å². The molecule has 1 unspecified atom stereocenters. The average molecular weight is 247 g/mol. The van der Waals surface area contributed by atoms with Crippen LogP contribution in [0.2, 0.25) is 0 Å². The van der Waals surface area contributed by atoms with Crippen LogP contribution in [-0.4, -0.2) is 20.9 Å². The van der Waals surface area contributed by atoms with Crippen LogP contribution in [0.1, 0.15) is 25.0 Å². The highest BCUT2D eigenvalue weighted by molar-refractivity contribution is 9.10. The monoisotopic (exact) mass is 246 g/mol. The summed E-state index contributed by atoms with van der Waals surface area (Å²) in [7, 11) is 1.81. The Morgan fingerprint density at radius 3 is 2.85 bits per heavy atom. The number of aryl methyl sites for hydroxylation is 1. The van der Waals surface area contributed by atoms with Crippen molar-refractivity contribution in [2.24, 2.45) is 7.05 Å². The number of rotatable bonds is 3. The molecular formula is C8H11BrN2O2. The summed E-state index contributed by atoms with van der Waals surface area (Å²) >= 11 is 3.33. The molecule has 0 spiro atoms. The van der Waals surface area contributed by atoms with Crippen LogP contribution in [0, 0.1) is 0 Å². The molecule has 0 amide bonds. The fraction of sp³-hybridized carbons (Fsp3) is 0.500. The summed E-state index contributed by atoms with van der Waals surface area (Å²) in [5.74, 6) is -0.863. The first-order valence-electron chi connectivity index (χ1n) is 3.91. The highest BCUT2D eigenvalue weighted by atomic mass is 79.9. The van der Waals surface area contributed by atoms with E-state index in [2.05, 4.69) is 21.0 Å². The van der Waals surface area contributed by atoms with Crippen LogP contribution >= 0.6 is 15.9 Å². The van der Waals surface area contributed by atoms with Crippen LogP contribution in [0.3, 0.4) is 0 Å². The molecule has 13 heavy (non-hydrogen) atoms. The fourth-order valence-corrected chi connectivity index (χ4v) is 1.94. The predicted molar refractivity (Wildman–Crippen MR) is 51.6 cm³/mol. The summed E-state index contributed by atoms with van der Waals surface area (Å²) in [6.07, 6.45) is 1.92. The minimum Gasteiger partial charge on any atom is -0.481 e. The van der Waals surface area contributed by atoms with Gasteiger partial charge in [0.05, 0.1) is 16.6 Å². The molecule has 1 N–H and O–H groups in total. The number of hydrogen-bond acceptors (Lipinski definition) is 2. The van der Waals surface area contributed by atoms with Crippen molar-refractivity contribution in [3.05, 3.63) is 16.4 Å². The van der Waals surface area contributed by atoms with Crippen molar-refractivity contribution in [2.75, 3.05) is 0 Å². The zero-order chi connectivity index (χ0) is 10.0. The van der Waals surface area contributed by atoms with Gasteiger partial charge in [0.25, 0.3) is 0 Å². The van der Waals surface area contributed by atoms with Crippen LogP contribution in [0.15, 0.2) is 10.7 Å². The average Bonchev–Trinajstić information content (AvgIpc) is 2.28. The number of nitrogens with zero attached hydrogens (tertiary/aromatic N) is 2. The number of aromatic nitrogens is 2. The summed E-state index contributed by atoms with van der Waals surface area (Å²) in [6.45, 7) is 1.85. The molecular weight excluding hydrogens is 236 g/mol. The first-order chi connectivity index (χ1) is 6.00. The molecule has 0 aliphatic heterocycles. The number of carbonyl (C=O) groups is 1. The third-order valence-corrected chi connectivity index (χ3v) is 2.37. The standard InChI is InChI=1S/C8H11BrN2O2/c1-5(3-7(12)13)8-6(9)4-11(2)10-8/h4-5H,3H2,1-2H3,(H,12,13). The van der Waals surface area contributed by atoms with E-state index in [9.17, 15) is 4.79 Å². The Bertz CT molecular complexity index is 322. The maximum Gasteiger partial charge on any atom is 0.304 e. The van der Waals surface area contributed by atoms with E-state index in [0.29, 0.717) is 0 Å². The second kappa shape index (κ2) is 3.91. The van der Waals surface area contributed by atoms with Crippen molar-refractivity contribution >= 4 is 21.9 Å². The molecule has 1 heterocycles. The van der Waals surface area contributed by atoms with E-state index in [0.717, 1.165) is 10.2 Å². The van der Waals surface area contributed by atoms with Gasteiger partial charge in [-0.3, -0.25) is 9.48 Å². The predicted octanol–water partition coefficient (Wildman–Crippen LogP) is 1.76. The van der Waals surface area contributed by atoms with Gasteiger partial charge in [-0.1, -0.05) is 6.92 Å². The van der Waals surface area contributed by atoms with Crippen molar-refractivity contribution < 1.29 is 9.90 Å². The first-order valence-corrected chi connectivity index (χ1v) is 4.71. The minimum atomic E-state index is -0.801. The zero-order valence-corrected chi connectivity index (χ0v) is 9.08.